The first-order chi connectivity index (χ1) is 12.8. The first kappa shape index (κ1) is 18.9. The molecule has 0 aliphatic heterocycles. The molecule has 27 heavy (non-hydrogen) atoms. The van der Waals surface area contributed by atoms with Gasteiger partial charge in [-0.05, 0) is 37.3 Å². The molecule has 9 heteroatoms. The second kappa shape index (κ2) is 7.79. The van der Waals surface area contributed by atoms with Crippen LogP contribution in [-0.4, -0.2) is 15.0 Å². The Morgan fingerprint density at radius 2 is 1.89 bits per heavy atom. The van der Waals surface area contributed by atoms with Crippen molar-refractivity contribution in [1.82, 2.24) is 15.0 Å². The summed E-state index contributed by atoms with van der Waals surface area (Å²) in [5, 5.41) is 5.54. The summed E-state index contributed by atoms with van der Waals surface area (Å²) in [5.41, 5.74) is 0.750. The number of alkyl halides is 3. The fourth-order valence-corrected chi connectivity index (χ4v) is 2.57. The normalized spacial score (nSPS) is 11.3. The number of aryl methyl sites for hydroxylation is 1. The lowest BCUT2D eigenvalue weighted by Crippen LogP contribution is -2.08. The highest BCUT2D eigenvalue weighted by atomic mass is 35.5. The smallest absolute Gasteiger partial charge is 0.364 e. The second-order valence-electron chi connectivity index (χ2n) is 5.71. The molecule has 1 aromatic carbocycles. The van der Waals surface area contributed by atoms with Crippen molar-refractivity contribution in [3.05, 3.63) is 70.6 Å². The largest absolute Gasteiger partial charge is 0.417 e. The maximum atomic E-state index is 13.0. The zero-order valence-corrected chi connectivity index (χ0v) is 14.9. The molecule has 0 saturated carbocycles. The molecule has 5 nitrogen and oxygen atoms in total. The summed E-state index contributed by atoms with van der Waals surface area (Å²) in [7, 11) is 0. The number of benzene rings is 1. The van der Waals surface area contributed by atoms with Gasteiger partial charge in [0.25, 0.3) is 0 Å². The van der Waals surface area contributed by atoms with Crippen LogP contribution in [0.25, 0.3) is 0 Å². The standard InChI is InChI=1S/C18H15ClF3N5/c1-11-8-16(24-10-13-4-2-3-7-23-13)27-17(25-11)26-12-5-6-15(19)14(9-12)18(20,21)22/h2-9H,10H2,1H3,(H2,24,25,26,27). The first-order valence-electron chi connectivity index (χ1n) is 7.94. The number of nitrogens with one attached hydrogen (secondary N) is 2. The number of aromatic nitrogens is 3. The summed E-state index contributed by atoms with van der Waals surface area (Å²) in [5.74, 6) is 0.703. The number of rotatable bonds is 5. The van der Waals surface area contributed by atoms with E-state index in [9.17, 15) is 13.2 Å². The Hall–Kier alpha value is -2.87. The first-order valence-corrected chi connectivity index (χ1v) is 8.32. The monoisotopic (exact) mass is 393 g/mol. The Morgan fingerprint density at radius 1 is 1.07 bits per heavy atom. The van der Waals surface area contributed by atoms with Crippen LogP contribution >= 0.6 is 11.6 Å². The average Bonchev–Trinajstić information content (AvgIpc) is 2.61. The molecule has 3 rings (SSSR count). The molecule has 3 aromatic rings. The quantitative estimate of drug-likeness (QED) is 0.623. The van der Waals surface area contributed by atoms with Crippen LogP contribution in [0.3, 0.4) is 0 Å². The molecule has 2 aromatic heterocycles. The molecule has 2 heterocycles. The molecule has 0 saturated heterocycles. The van der Waals surface area contributed by atoms with E-state index in [1.807, 2.05) is 18.2 Å². The van der Waals surface area contributed by atoms with Gasteiger partial charge in [0.2, 0.25) is 5.95 Å². The Bertz CT molecular complexity index is 932. The predicted octanol–water partition coefficient (Wildman–Crippen LogP) is 5.21. The van der Waals surface area contributed by atoms with Crippen molar-refractivity contribution in [2.75, 3.05) is 10.6 Å². The van der Waals surface area contributed by atoms with Gasteiger partial charge in [0, 0.05) is 23.6 Å². The van der Waals surface area contributed by atoms with Crippen LogP contribution in [0.5, 0.6) is 0 Å². The van der Waals surface area contributed by atoms with E-state index in [4.69, 9.17) is 11.6 Å². The number of pyridine rings is 1. The molecule has 0 atom stereocenters. The van der Waals surface area contributed by atoms with Gasteiger partial charge in [0.05, 0.1) is 22.8 Å². The Morgan fingerprint density at radius 3 is 2.59 bits per heavy atom. The molecule has 140 valence electrons. The average molecular weight is 394 g/mol. The summed E-state index contributed by atoms with van der Waals surface area (Å²) in [6.45, 7) is 2.22. The number of nitrogens with zero attached hydrogens (tertiary/aromatic N) is 3. The van der Waals surface area contributed by atoms with Gasteiger partial charge in [-0.2, -0.15) is 18.2 Å². The minimum absolute atomic E-state index is 0.175. The zero-order valence-electron chi connectivity index (χ0n) is 14.2. The van der Waals surface area contributed by atoms with Crippen LogP contribution in [0.1, 0.15) is 17.0 Å². The highest BCUT2D eigenvalue weighted by Crippen LogP contribution is 2.36. The molecule has 2 N–H and O–H groups in total. The number of hydrogen-bond acceptors (Lipinski definition) is 5. The van der Waals surface area contributed by atoms with E-state index in [1.54, 1.807) is 19.2 Å². The topological polar surface area (TPSA) is 62.7 Å². The van der Waals surface area contributed by atoms with Crippen molar-refractivity contribution in [3.63, 3.8) is 0 Å². The van der Waals surface area contributed by atoms with Gasteiger partial charge in [-0.3, -0.25) is 4.98 Å². The molecular weight excluding hydrogens is 379 g/mol. The SMILES string of the molecule is Cc1cc(NCc2ccccn2)nc(Nc2ccc(Cl)c(C(F)(F)F)c2)n1. The van der Waals surface area contributed by atoms with Gasteiger partial charge in [-0.25, -0.2) is 4.98 Å². The van der Waals surface area contributed by atoms with E-state index in [-0.39, 0.29) is 16.7 Å². The summed E-state index contributed by atoms with van der Waals surface area (Å²) in [6, 6.07) is 10.8. The Kier molecular flexibility index (Phi) is 5.46. The van der Waals surface area contributed by atoms with Crippen LogP contribution in [-0.2, 0) is 12.7 Å². The van der Waals surface area contributed by atoms with Crippen molar-refractivity contribution in [2.45, 2.75) is 19.6 Å². The lowest BCUT2D eigenvalue weighted by Gasteiger charge is -2.13. The molecule has 0 amide bonds. The van der Waals surface area contributed by atoms with Gasteiger partial charge in [-0.1, -0.05) is 17.7 Å². The molecule has 0 spiro atoms. The maximum Gasteiger partial charge on any atom is 0.417 e. The van der Waals surface area contributed by atoms with E-state index in [2.05, 4.69) is 25.6 Å². The van der Waals surface area contributed by atoms with Crippen molar-refractivity contribution < 1.29 is 13.2 Å². The molecule has 0 aliphatic carbocycles. The van der Waals surface area contributed by atoms with Crippen LogP contribution in [0.15, 0.2) is 48.7 Å². The Labute approximate surface area is 158 Å². The third-order valence-electron chi connectivity index (χ3n) is 3.56. The van der Waals surface area contributed by atoms with Gasteiger partial charge in [0.1, 0.15) is 5.82 Å². The minimum atomic E-state index is -4.54. The van der Waals surface area contributed by atoms with Gasteiger partial charge in [-0.15, -0.1) is 0 Å². The van der Waals surface area contributed by atoms with Crippen molar-refractivity contribution in [1.29, 1.82) is 0 Å². The van der Waals surface area contributed by atoms with Crippen LogP contribution in [0, 0.1) is 6.92 Å². The van der Waals surface area contributed by atoms with Crippen LogP contribution < -0.4 is 10.6 Å². The molecule has 0 bridgehead atoms. The molecule has 0 unspecified atom stereocenters. The highest BCUT2D eigenvalue weighted by molar-refractivity contribution is 6.31. The maximum absolute atomic E-state index is 13.0. The summed E-state index contributed by atoms with van der Waals surface area (Å²) < 4.78 is 39.0. The summed E-state index contributed by atoms with van der Waals surface area (Å²) in [6.07, 6.45) is -2.86. The lowest BCUT2D eigenvalue weighted by molar-refractivity contribution is -0.137. The molecular formula is C18H15ClF3N5. The van der Waals surface area contributed by atoms with Gasteiger partial charge < -0.3 is 10.6 Å². The van der Waals surface area contributed by atoms with E-state index < -0.39 is 11.7 Å². The van der Waals surface area contributed by atoms with Gasteiger partial charge >= 0.3 is 6.18 Å². The second-order valence-corrected chi connectivity index (χ2v) is 6.12. The fourth-order valence-electron chi connectivity index (χ4n) is 2.35. The van der Waals surface area contributed by atoms with Crippen molar-refractivity contribution >= 4 is 29.1 Å². The predicted molar refractivity (Wildman–Crippen MR) is 98.1 cm³/mol. The van der Waals surface area contributed by atoms with Crippen LogP contribution in [0.2, 0.25) is 5.02 Å². The highest BCUT2D eigenvalue weighted by Gasteiger charge is 2.33. The minimum Gasteiger partial charge on any atom is -0.364 e. The third-order valence-corrected chi connectivity index (χ3v) is 3.89. The van der Waals surface area contributed by atoms with E-state index in [0.717, 1.165) is 11.8 Å². The van der Waals surface area contributed by atoms with E-state index in [1.165, 1.54) is 12.1 Å². The summed E-state index contributed by atoms with van der Waals surface area (Å²) in [4.78, 5) is 12.7. The molecule has 0 fully saturated rings. The number of hydrogen-bond donors (Lipinski definition) is 2. The fraction of sp³-hybridized carbons (Fsp3) is 0.167. The molecule has 0 radical (unpaired) electrons. The number of halogens is 4. The summed E-state index contributed by atoms with van der Waals surface area (Å²) >= 11 is 5.64. The van der Waals surface area contributed by atoms with Crippen molar-refractivity contribution in [3.8, 4) is 0 Å². The third kappa shape index (κ3) is 5.07. The lowest BCUT2D eigenvalue weighted by atomic mass is 10.2. The van der Waals surface area contributed by atoms with Crippen molar-refractivity contribution in [2.24, 2.45) is 0 Å². The van der Waals surface area contributed by atoms with E-state index >= 15 is 0 Å². The Balaban J connectivity index is 1.78. The molecule has 0 aliphatic rings. The van der Waals surface area contributed by atoms with Crippen LogP contribution in [0.4, 0.5) is 30.6 Å². The van der Waals surface area contributed by atoms with E-state index in [0.29, 0.717) is 18.1 Å². The zero-order chi connectivity index (χ0) is 19.4. The number of anilines is 3. The van der Waals surface area contributed by atoms with Gasteiger partial charge in [0.15, 0.2) is 0 Å².